The van der Waals surface area contributed by atoms with Gasteiger partial charge in [-0.3, -0.25) is 9.59 Å². The van der Waals surface area contributed by atoms with Gasteiger partial charge in [0, 0.05) is 13.8 Å². The fourth-order valence-electron chi connectivity index (χ4n) is 1.99. The molecule has 0 N–H and O–H groups in total. The molecule has 4 nitrogen and oxygen atoms in total. The second kappa shape index (κ2) is 4.99. The molecule has 1 aliphatic rings. The van der Waals surface area contributed by atoms with Gasteiger partial charge in [-0.15, -0.1) is 0 Å². The number of halogens is 1. The Bertz CT molecular complexity index is 490. The summed E-state index contributed by atoms with van der Waals surface area (Å²) in [6.45, 7) is 2.42. The second-order valence-electron chi connectivity index (χ2n) is 4.95. The van der Waals surface area contributed by atoms with E-state index in [0.717, 1.165) is 0 Å². The second-order valence-corrected chi connectivity index (χ2v) is 4.95. The molecule has 0 aliphatic carbocycles. The maximum absolute atomic E-state index is 12.6. The molecule has 1 aliphatic heterocycles. The lowest BCUT2D eigenvalue weighted by molar-refractivity contribution is -0.239. The molecule has 1 heterocycles. The van der Waals surface area contributed by atoms with Gasteiger partial charge >= 0.3 is 11.9 Å². The van der Waals surface area contributed by atoms with Crippen molar-refractivity contribution in [3.63, 3.8) is 0 Å². The van der Waals surface area contributed by atoms with E-state index < -0.39 is 30.3 Å². The Morgan fingerprint density at radius 1 is 1.16 bits per heavy atom. The Hall–Kier alpha value is -1.91. The molecule has 0 saturated carbocycles. The third-order valence-electron chi connectivity index (χ3n) is 2.85. The highest BCUT2D eigenvalue weighted by Crippen LogP contribution is 2.25. The number of carbonyl (C=O) groups is 2. The van der Waals surface area contributed by atoms with Crippen molar-refractivity contribution in [2.75, 3.05) is 0 Å². The Labute approximate surface area is 110 Å². The van der Waals surface area contributed by atoms with Crippen molar-refractivity contribution in [1.29, 1.82) is 0 Å². The summed E-state index contributed by atoms with van der Waals surface area (Å²) in [6, 6.07) is 6.69. The minimum absolute atomic E-state index is 0.154. The molecule has 1 aromatic rings. The zero-order valence-corrected chi connectivity index (χ0v) is 10.8. The average molecular weight is 266 g/mol. The quantitative estimate of drug-likeness (QED) is 0.621. The van der Waals surface area contributed by atoms with Crippen molar-refractivity contribution < 1.29 is 23.5 Å². The molecule has 0 bridgehead atoms. The van der Waals surface area contributed by atoms with Crippen LogP contribution in [0.15, 0.2) is 24.3 Å². The summed E-state index contributed by atoms with van der Waals surface area (Å²) in [6.07, 6.45) is 0.154. The Morgan fingerprint density at radius 3 is 2.32 bits per heavy atom. The maximum Gasteiger partial charge on any atom is 0.323 e. The summed E-state index contributed by atoms with van der Waals surface area (Å²) in [7, 11) is 0. The maximum atomic E-state index is 12.6. The first-order valence-electron chi connectivity index (χ1n) is 6.01. The van der Waals surface area contributed by atoms with Gasteiger partial charge in [0.1, 0.15) is 6.67 Å². The van der Waals surface area contributed by atoms with Crippen LogP contribution in [0.2, 0.25) is 0 Å². The van der Waals surface area contributed by atoms with Crippen molar-refractivity contribution in [2.45, 2.75) is 32.7 Å². The first-order chi connectivity index (χ1) is 8.91. The number of esters is 2. The summed E-state index contributed by atoms with van der Waals surface area (Å²) >= 11 is 0. The highest BCUT2D eigenvalue weighted by molar-refractivity contribution is 5.96. The van der Waals surface area contributed by atoms with Crippen LogP contribution in [0.3, 0.4) is 0 Å². The molecule has 5 heteroatoms. The molecule has 19 heavy (non-hydrogen) atoms. The van der Waals surface area contributed by atoms with Crippen molar-refractivity contribution >= 4 is 11.9 Å². The monoisotopic (exact) mass is 266 g/mol. The Kier molecular flexibility index (Phi) is 3.55. The molecule has 102 valence electrons. The van der Waals surface area contributed by atoms with Gasteiger partial charge < -0.3 is 9.47 Å². The lowest BCUT2D eigenvalue weighted by Gasteiger charge is -2.32. The van der Waals surface area contributed by atoms with Crippen molar-refractivity contribution in [1.82, 2.24) is 0 Å². The number of hydrogen-bond acceptors (Lipinski definition) is 4. The predicted molar refractivity (Wildman–Crippen MR) is 64.7 cm³/mol. The lowest BCUT2D eigenvalue weighted by Crippen LogP contribution is -2.46. The average Bonchev–Trinajstić information content (AvgIpc) is 2.33. The standard InChI is InChI=1S/C14H15FO4/c1-14(2)18-12(16)11(13(17)19-14)7-9-4-3-5-10(6-9)8-15/h3-6,11H,7-8H2,1-2H3. The number of rotatable bonds is 3. The molecule has 2 rings (SSSR count). The zero-order valence-electron chi connectivity index (χ0n) is 10.8. The van der Waals surface area contributed by atoms with Crippen molar-refractivity contribution in [3.05, 3.63) is 35.4 Å². The third kappa shape index (κ3) is 3.10. The van der Waals surface area contributed by atoms with Crippen LogP contribution in [0, 0.1) is 5.92 Å². The van der Waals surface area contributed by atoms with Gasteiger partial charge in [0.05, 0.1) is 0 Å². The van der Waals surface area contributed by atoms with E-state index in [4.69, 9.17) is 9.47 Å². The molecule has 0 radical (unpaired) electrons. The van der Waals surface area contributed by atoms with Crippen LogP contribution in [0.5, 0.6) is 0 Å². The molecule has 0 atom stereocenters. The number of benzene rings is 1. The van der Waals surface area contributed by atoms with Crippen molar-refractivity contribution in [2.24, 2.45) is 5.92 Å². The van der Waals surface area contributed by atoms with Crippen molar-refractivity contribution in [3.8, 4) is 0 Å². The number of ether oxygens (including phenoxy) is 2. The normalized spacial score (nSPS) is 18.9. The number of alkyl halides is 1. The smallest absolute Gasteiger partial charge is 0.323 e. The SMILES string of the molecule is CC1(C)OC(=O)C(Cc2cccc(CF)c2)C(=O)O1. The number of carbonyl (C=O) groups excluding carboxylic acids is 2. The summed E-state index contributed by atoms with van der Waals surface area (Å²) in [5.74, 6) is -3.41. The fourth-order valence-corrected chi connectivity index (χ4v) is 1.99. The van der Waals surface area contributed by atoms with E-state index in [9.17, 15) is 14.0 Å². The van der Waals surface area contributed by atoms with E-state index in [-0.39, 0.29) is 6.42 Å². The first kappa shape index (κ1) is 13.5. The van der Waals surface area contributed by atoms with Gasteiger partial charge in [0.2, 0.25) is 0 Å². The van der Waals surface area contributed by atoms with E-state index in [2.05, 4.69) is 0 Å². The predicted octanol–water partition coefficient (Wildman–Crippen LogP) is 2.15. The third-order valence-corrected chi connectivity index (χ3v) is 2.85. The Balaban J connectivity index is 2.14. The van der Waals surface area contributed by atoms with Crippen LogP contribution in [0.4, 0.5) is 4.39 Å². The summed E-state index contributed by atoms with van der Waals surface area (Å²) < 4.78 is 22.6. The zero-order chi connectivity index (χ0) is 14.0. The number of cyclic esters (lactones) is 2. The summed E-state index contributed by atoms with van der Waals surface area (Å²) in [5, 5.41) is 0. The van der Waals surface area contributed by atoms with Crippen LogP contribution in [-0.2, 0) is 32.2 Å². The van der Waals surface area contributed by atoms with Gasteiger partial charge in [-0.05, 0) is 17.5 Å². The van der Waals surface area contributed by atoms with Crippen LogP contribution in [0.1, 0.15) is 25.0 Å². The van der Waals surface area contributed by atoms with Crippen LogP contribution >= 0.6 is 0 Å². The topological polar surface area (TPSA) is 52.6 Å². The summed E-state index contributed by atoms with van der Waals surface area (Å²) in [5.41, 5.74) is 1.21. The molecule has 0 spiro atoms. The lowest BCUT2D eigenvalue weighted by atomic mass is 9.97. The van der Waals surface area contributed by atoms with E-state index in [1.54, 1.807) is 24.3 Å². The van der Waals surface area contributed by atoms with Gasteiger partial charge in [-0.1, -0.05) is 24.3 Å². The fraction of sp³-hybridized carbons (Fsp3) is 0.429. The molecule has 0 aromatic heterocycles. The van der Waals surface area contributed by atoms with Crippen LogP contribution < -0.4 is 0 Å². The first-order valence-corrected chi connectivity index (χ1v) is 6.01. The molecule has 0 amide bonds. The van der Waals surface area contributed by atoms with E-state index in [0.29, 0.717) is 11.1 Å². The molecular formula is C14H15FO4. The van der Waals surface area contributed by atoms with Gasteiger partial charge in [0.15, 0.2) is 5.92 Å². The minimum atomic E-state index is -1.22. The van der Waals surface area contributed by atoms with Gasteiger partial charge in [-0.2, -0.15) is 0 Å². The number of hydrogen-bond donors (Lipinski definition) is 0. The van der Waals surface area contributed by atoms with Gasteiger partial charge in [-0.25, -0.2) is 4.39 Å². The molecule has 0 unspecified atom stereocenters. The molecule has 1 saturated heterocycles. The van der Waals surface area contributed by atoms with E-state index in [1.807, 2.05) is 0 Å². The largest absolute Gasteiger partial charge is 0.422 e. The van der Waals surface area contributed by atoms with Crippen LogP contribution in [-0.4, -0.2) is 17.7 Å². The highest BCUT2D eigenvalue weighted by atomic mass is 19.1. The molecule has 1 aromatic carbocycles. The van der Waals surface area contributed by atoms with E-state index >= 15 is 0 Å². The van der Waals surface area contributed by atoms with Crippen LogP contribution in [0.25, 0.3) is 0 Å². The minimum Gasteiger partial charge on any atom is -0.422 e. The molecular weight excluding hydrogens is 251 g/mol. The molecule has 1 fully saturated rings. The summed E-state index contributed by atoms with van der Waals surface area (Å²) in [4.78, 5) is 23.6. The Morgan fingerprint density at radius 2 is 1.74 bits per heavy atom. The van der Waals surface area contributed by atoms with Gasteiger partial charge in [0.25, 0.3) is 5.79 Å². The van der Waals surface area contributed by atoms with E-state index in [1.165, 1.54) is 13.8 Å². The highest BCUT2D eigenvalue weighted by Gasteiger charge is 2.42.